The summed E-state index contributed by atoms with van der Waals surface area (Å²) in [6.07, 6.45) is 0. The highest BCUT2D eigenvalue weighted by Crippen LogP contribution is 2.21. The van der Waals surface area contributed by atoms with Gasteiger partial charge >= 0.3 is 6.03 Å². The van der Waals surface area contributed by atoms with E-state index in [0.29, 0.717) is 6.54 Å². The molecule has 0 saturated heterocycles. The molecule has 0 radical (unpaired) electrons. The smallest absolute Gasteiger partial charge is 0.315 e. The van der Waals surface area contributed by atoms with Crippen LogP contribution in [0, 0.1) is 0 Å². The van der Waals surface area contributed by atoms with Crippen molar-refractivity contribution >= 4 is 17.4 Å². The van der Waals surface area contributed by atoms with Crippen LogP contribution in [-0.2, 0) is 12.1 Å². The number of hydrogen-bond acceptors (Lipinski definition) is 4. The Morgan fingerprint density at radius 1 is 1.36 bits per heavy atom. The van der Waals surface area contributed by atoms with Crippen molar-refractivity contribution in [1.82, 2.24) is 10.6 Å². The SMILES string of the molecule is COc1cccc(CNC(=O)NC[C@](C)(O)c2ccsc2)c1. The average molecular weight is 320 g/mol. The van der Waals surface area contributed by atoms with Gasteiger partial charge in [0.1, 0.15) is 11.4 Å². The summed E-state index contributed by atoms with van der Waals surface area (Å²) < 4.78 is 5.13. The van der Waals surface area contributed by atoms with Crippen LogP contribution >= 0.6 is 11.3 Å². The van der Waals surface area contributed by atoms with E-state index in [1.54, 1.807) is 14.0 Å². The number of carbonyl (C=O) groups is 1. The first-order valence-electron chi connectivity index (χ1n) is 6.91. The highest BCUT2D eigenvalue weighted by atomic mass is 32.1. The lowest BCUT2D eigenvalue weighted by Crippen LogP contribution is -2.43. The summed E-state index contributed by atoms with van der Waals surface area (Å²) in [6, 6.07) is 9.02. The van der Waals surface area contributed by atoms with Crippen LogP contribution in [0.4, 0.5) is 4.79 Å². The molecule has 0 spiro atoms. The van der Waals surface area contributed by atoms with Gasteiger partial charge in [-0.05, 0) is 47.0 Å². The summed E-state index contributed by atoms with van der Waals surface area (Å²) in [5.74, 6) is 0.750. The molecule has 3 N–H and O–H groups in total. The minimum atomic E-state index is -1.08. The first-order chi connectivity index (χ1) is 10.5. The van der Waals surface area contributed by atoms with E-state index in [9.17, 15) is 9.90 Å². The molecule has 2 aromatic rings. The number of benzene rings is 1. The van der Waals surface area contributed by atoms with E-state index < -0.39 is 5.60 Å². The molecule has 22 heavy (non-hydrogen) atoms. The third-order valence-corrected chi connectivity index (χ3v) is 4.01. The van der Waals surface area contributed by atoms with Crippen LogP contribution in [0.5, 0.6) is 5.75 Å². The fourth-order valence-corrected chi connectivity index (χ4v) is 2.74. The van der Waals surface area contributed by atoms with Gasteiger partial charge in [-0.1, -0.05) is 12.1 Å². The minimum absolute atomic E-state index is 0.147. The number of urea groups is 1. The van der Waals surface area contributed by atoms with Gasteiger partial charge < -0.3 is 20.5 Å². The Balaban J connectivity index is 1.80. The zero-order valence-corrected chi connectivity index (χ0v) is 13.4. The van der Waals surface area contributed by atoms with E-state index in [2.05, 4.69) is 10.6 Å². The fraction of sp³-hybridized carbons (Fsp3) is 0.312. The monoisotopic (exact) mass is 320 g/mol. The van der Waals surface area contributed by atoms with Crippen LogP contribution in [0.1, 0.15) is 18.1 Å². The Labute approximate surface area is 133 Å². The van der Waals surface area contributed by atoms with E-state index in [4.69, 9.17) is 4.74 Å². The molecule has 1 atom stereocenters. The molecule has 0 aliphatic carbocycles. The summed E-state index contributed by atoms with van der Waals surface area (Å²) in [4.78, 5) is 11.8. The van der Waals surface area contributed by atoms with Crippen LogP contribution < -0.4 is 15.4 Å². The van der Waals surface area contributed by atoms with E-state index in [1.165, 1.54) is 11.3 Å². The third kappa shape index (κ3) is 4.47. The number of rotatable bonds is 6. The summed E-state index contributed by atoms with van der Waals surface area (Å²) in [6.45, 7) is 2.22. The van der Waals surface area contributed by atoms with Gasteiger partial charge in [0.25, 0.3) is 0 Å². The van der Waals surface area contributed by atoms with Crippen molar-refractivity contribution < 1.29 is 14.6 Å². The summed E-state index contributed by atoms with van der Waals surface area (Å²) >= 11 is 1.51. The quantitative estimate of drug-likeness (QED) is 0.766. The van der Waals surface area contributed by atoms with Crippen molar-refractivity contribution in [3.05, 3.63) is 52.2 Å². The Hall–Kier alpha value is -2.05. The zero-order chi connectivity index (χ0) is 16.0. The molecular formula is C16H20N2O3S. The predicted molar refractivity (Wildman–Crippen MR) is 87.1 cm³/mol. The van der Waals surface area contributed by atoms with Crippen LogP contribution in [-0.4, -0.2) is 24.8 Å². The zero-order valence-electron chi connectivity index (χ0n) is 12.6. The number of thiophene rings is 1. The molecule has 5 nitrogen and oxygen atoms in total. The second-order valence-corrected chi connectivity index (χ2v) is 5.95. The van der Waals surface area contributed by atoms with E-state index in [1.807, 2.05) is 41.1 Å². The first-order valence-corrected chi connectivity index (χ1v) is 7.85. The van der Waals surface area contributed by atoms with Crippen molar-refractivity contribution in [2.75, 3.05) is 13.7 Å². The standard InChI is InChI=1S/C16H20N2O3S/c1-16(20,13-6-7-22-10-13)11-18-15(19)17-9-12-4-3-5-14(8-12)21-2/h3-8,10,20H,9,11H2,1-2H3,(H2,17,18,19)/t16-/m0/s1. The average Bonchev–Trinajstić information content (AvgIpc) is 3.06. The third-order valence-electron chi connectivity index (χ3n) is 3.32. The number of hydrogen-bond donors (Lipinski definition) is 3. The number of nitrogens with one attached hydrogen (secondary N) is 2. The first kappa shape index (κ1) is 16.3. The second kappa shape index (κ2) is 7.29. The van der Waals surface area contributed by atoms with Crippen molar-refractivity contribution in [1.29, 1.82) is 0 Å². The molecule has 0 bridgehead atoms. The molecule has 0 saturated carbocycles. The van der Waals surface area contributed by atoms with Gasteiger partial charge in [-0.25, -0.2) is 4.79 Å². The maximum atomic E-state index is 11.8. The predicted octanol–water partition coefficient (Wildman–Crippen LogP) is 2.46. The van der Waals surface area contributed by atoms with Crippen LogP contribution in [0.2, 0.25) is 0 Å². The molecule has 0 fully saturated rings. The molecular weight excluding hydrogens is 300 g/mol. The second-order valence-electron chi connectivity index (χ2n) is 5.17. The number of carbonyl (C=O) groups excluding carboxylic acids is 1. The Morgan fingerprint density at radius 3 is 2.86 bits per heavy atom. The molecule has 1 aromatic heterocycles. The van der Waals surface area contributed by atoms with Crippen LogP contribution in [0.15, 0.2) is 41.1 Å². The molecule has 2 rings (SSSR count). The molecule has 118 valence electrons. The topological polar surface area (TPSA) is 70.6 Å². The number of methoxy groups -OCH3 is 1. The summed E-state index contributed by atoms with van der Waals surface area (Å²) in [5, 5.41) is 19.5. The van der Waals surface area contributed by atoms with Crippen molar-refractivity contribution in [3.63, 3.8) is 0 Å². The van der Waals surface area contributed by atoms with Crippen molar-refractivity contribution in [2.24, 2.45) is 0 Å². The summed E-state index contributed by atoms with van der Waals surface area (Å²) in [5.41, 5.74) is 0.664. The van der Waals surface area contributed by atoms with Gasteiger partial charge in [0.15, 0.2) is 0 Å². The van der Waals surface area contributed by atoms with Crippen molar-refractivity contribution in [3.8, 4) is 5.75 Å². The van der Waals surface area contributed by atoms with Crippen LogP contribution in [0.3, 0.4) is 0 Å². The van der Waals surface area contributed by atoms with E-state index in [-0.39, 0.29) is 12.6 Å². The largest absolute Gasteiger partial charge is 0.497 e. The molecule has 2 amide bonds. The lowest BCUT2D eigenvalue weighted by Gasteiger charge is -2.22. The molecule has 1 heterocycles. The Morgan fingerprint density at radius 2 is 2.18 bits per heavy atom. The Bertz CT molecular complexity index is 612. The van der Waals surface area contributed by atoms with Gasteiger partial charge in [0.05, 0.1) is 13.7 Å². The normalized spacial score (nSPS) is 13.2. The lowest BCUT2D eigenvalue weighted by atomic mass is 9.99. The van der Waals surface area contributed by atoms with Crippen molar-refractivity contribution in [2.45, 2.75) is 19.1 Å². The van der Waals surface area contributed by atoms with Gasteiger partial charge in [-0.15, -0.1) is 0 Å². The Kier molecular flexibility index (Phi) is 5.41. The number of ether oxygens (including phenoxy) is 1. The minimum Gasteiger partial charge on any atom is -0.497 e. The van der Waals surface area contributed by atoms with Gasteiger partial charge in [-0.2, -0.15) is 11.3 Å². The molecule has 1 aromatic carbocycles. The molecule has 0 aliphatic rings. The number of aliphatic hydroxyl groups is 1. The van der Waals surface area contributed by atoms with Gasteiger partial charge in [-0.3, -0.25) is 0 Å². The number of amides is 2. The van der Waals surface area contributed by atoms with E-state index in [0.717, 1.165) is 16.9 Å². The van der Waals surface area contributed by atoms with Gasteiger partial charge in [0.2, 0.25) is 0 Å². The molecule has 0 unspecified atom stereocenters. The van der Waals surface area contributed by atoms with E-state index >= 15 is 0 Å². The van der Waals surface area contributed by atoms with Gasteiger partial charge in [0, 0.05) is 6.54 Å². The maximum absolute atomic E-state index is 11.8. The fourth-order valence-electron chi connectivity index (χ4n) is 1.95. The lowest BCUT2D eigenvalue weighted by molar-refractivity contribution is 0.0598. The molecule has 6 heteroatoms. The van der Waals surface area contributed by atoms with Crippen LogP contribution in [0.25, 0.3) is 0 Å². The highest BCUT2D eigenvalue weighted by molar-refractivity contribution is 7.08. The highest BCUT2D eigenvalue weighted by Gasteiger charge is 2.24. The summed E-state index contributed by atoms with van der Waals surface area (Å²) in [7, 11) is 1.60. The molecule has 0 aliphatic heterocycles. The maximum Gasteiger partial charge on any atom is 0.315 e.